The minimum Gasteiger partial charge on any atom is -0.486 e. The molecule has 0 aliphatic carbocycles. The van der Waals surface area contributed by atoms with Crippen molar-refractivity contribution in [2.45, 2.75) is 18.7 Å². The summed E-state index contributed by atoms with van der Waals surface area (Å²) >= 11 is 4.69. The van der Waals surface area contributed by atoms with Gasteiger partial charge in [0.15, 0.2) is 5.82 Å². The van der Waals surface area contributed by atoms with Crippen molar-refractivity contribution in [1.29, 1.82) is 0 Å². The van der Waals surface area contributed by atoms with Crippen molar-refractivity contribution in [2.75, 3.05) is 11.1 Å². The van der Waals surface area contributed by atoms with Crippen molar-refractivity contribution >= 4 is 45.5 Å². The van der Waals surface area contributed by atoms with Crippen LogP contribution in [0, 0.1) is 6.92 Å². The van der Waals surface area contributed by atoms with Gasteiger partial charge in [0.2, 0.25) is 11.1 Å². The Hall–Kier alpha value is -3.43. The molecule has 1 heterocycles. The summed E-state index contributed by atoms with van der Waals surface area (Å²) in [5.74, 6) is 1.28. The number of nitrogens with one attached hydrogen (secondary N) is 1. The predicted molar refractivity (Wildman–Crippen MR) is 138 cm³/mol. The molecule has 0 bridgehead atoms. The van der Waals surface area contributed by atoms with Crippen molar-refractivity contribution in [1.82, 2.24) is 14.9 Å². The fraction of sp³-hybridized carbons (Fsp3) is 0.120. The molecule has 0 fully saturated rings. The number of aromatic nitrogens is 3. The van der Waals surface area contributed by atoms with Gasteiger partial charge in [-0.25, -0.2) is 0 Å². The molecule has 0 aliphatic heterocycles. The lowest BCUT2D eigenvalue weighted by molar-refractivity contribution is -0.113. The molecule has 0 aliphatic rings. The average Bonchev–Trinajstić information content (AvgIpc) is 3.25. The summed E-state index contributed by atoms with van der Waals surface area (Å²) < 4.78 is 8.43. The molecule has 1 aromatic heterocycles. The number of benzene rings is 3. The Morgan fingerprint density at radius 1 is 1.06 bits per heavy atom. The molecule has 0 radical (unpaired) electrons. The first kappa shape index (κ1) is 23.7. The zero-order valence-electron chi connectivity index (χ0n) is 18.4. The number of hydrogen-bond donors (Lipinski definition) is 1. The van der Waals surface area contributed by atoms with Crippen molar-refractivity contribution < 1.29 is 9.53 Å². The van der Waals surface area contributed by atoms with Gasteiger partial charge in [0.05, 0.1) is 12.0 Å². The number of carbonyl (C=O) groups is 1. The molecule has 1 N–H and O–H groups in total. The lowest BCUT2D eigenvalue weighted by atomic mass is 10.2. The molecule has 0 unspecified atom stereocenters. The van der Waals surface area contributed by atoms with Crippen molar-refractivity contribution in [3.05, 3.63) is 100 Å². The SMILES string of the molecule is Cc1ccc(NC(=O)CSc2nnc(COc3ccccc3)n2N=Cc2ccc(Br)cc2)cc1. The molecule has 34 heavy (non-hydrogen) atoms. The van der Waals surface area contributed by atoms with E-state index in [9.17, 15) is 4.79 Å². The van der Waals surface area contributed by atoms with Gasteiger partial charge in [-0.1, -0.05) is 75.7 Å². The number of nitrogens with zero attached hydrogens (tertiary/aromatic N) is 4. The topological polar surface area (TPSA) is 81.4 Å². The standard InChI is InChI=1S/C25H22BrN5O2S/c1-18-7-13-21(14-8-18)28-24(32)17-34-25-30-29-23(16-33-22-5-3-2-4-6-22)31(25)27-15-19-9-11-20(26)12-10-19/h2-15H,16-17H2,1H3,(H,28,32). The lowest BCUT2D eigenvalue weighted by Gasteiger charge is -2.07. The molecule has 0 saturated carbocycles. The molecule has 4 aromatic rings. The summed E-state index contributed by atoms with van der Waals surface area (Å²) in [6.45, 7) is 2.19. The number of amides is 1. The van der Waals surface area contributed by atoms with Crippen LogP contribution in [0.5, 0.6) is 5.75 Å². The highest BCUT2D eigenvalue weighted by Crippen LogP contribution is 2.20. The molecule has 9 heteroatoms. The maximum Gasteiger partial charge on any atom is 0.234 e. The number of aryl methyl sites for hydroxylation is 1. The first-order valence-electron chi connectivity index (χ1n) is 10.5. The van der Waals surface area contributed by atoms with Gasteiger partial charge in [-0.05, 0) is 48.9 Å². The number of rotatable bonds is 9. The van der Waals surface area contributed by atoms with Gasteiger partial charge in [0.1, 0.15) is 12.4 Å². The maximum atomic E-state index is 12.5. The molecule has 0 atom stereocenters. The van der Waals surface area contributed by atoms with Crippen molar-refractivity contribution in [3.63, 3.8) is 0 Å². The van der Waals surface area contributed by atoms with Gasteiger partial charge in [0, 0.05) is 10.2 Å². The van der Waals surface area contributed by atoms with Crippen LogP contribution in [0.3, 0.4) is 0 Å². The van der Waals surface area contributed by atoms with E-state index in [4.69, 9.17) is 4.74 Å². The summed E-state index contributed by atoms with van der Waals surface area (Å²) in [5, 5.41) is 16.4. The highest BCUT2D eigenvalue weighted by molar-refractivity contribution is 9.10. The molecular weight excluding hydrogens is 514 g/mol. The monoisotopic (exact) mass is 535 g/mol. The van der Waals surface area contributed by atoms with Crippen molar-refractivity contribution in [3.8, 4) is 5.75 Å². The fourth-order valence-electron chi connectivity index (χ4n) is 2.89. The first-order valence-corrected chi connectivity index (χ1v) is 12.3. The minimum atomic E-state index is -0.137. The Kier molecular flexibility index (Phi) is 8.11. The van der Waals surface area contributed by atoms with E-state index < -0.39 is 0 Å². The Balaban J connectivity index is 1.48. The van der Waals surface area contributed by atoms with Crippen LogP contribution < -0.4 is 10.1 Å². The van der Waals surface area contributed by atoms with Gasteiger partial charge >= 0.3 is 0 Å². The van der Waals surface area contributed by atoms with E-state index in [1.165, 1.54) is 11.8 Å². The molecule has 4 rings (SSSR count). The number of halogens is 1. The van der Waals surface area contributed by atoms with Gasteiger partial charge in [0.25, 0.3) is 0 Å². The molecular formula is C25H22BrN5O2S. The summed E-state index contributed by atoms with van der Waals surface area (Å²) in [7, 11) is 0. The van der Waals surface area contributed by atoms with E-state index in [-0.39, 0.29) is 18.3 Å². The van der Waals surface area contributed by atoms with E-state index in [0.29, 0.717) is 11.0 Å². The van der Waals surface area contributed by atoms with Crippen molar-refractivity contribution in [2.24, 2.45) is 5.10 Å². The molecule has 0 spiro atoms. The number of para-hydroxylation sites is 1. The molecule has 0 saturated heterocycles. The van der Waals surface area contributed by atoms with E-state index >= 15 is 0 Å². The number of ether oxygens (including phenoxy) is 1. The first-order chi connectivity index (χ1) is 16.6. The Morgan fingerprint density at radius 3 is 2.53 bits per heavy atom. The van der Waals surface area contributed by atoms with Crippen LogP contribution in [0.4, 0.5) is 5.69 Å². The Bertz CT molecular complexity index is 1260. The fourth-order valence-corrected chi connectivity index (χ4v) is 3.86. The van der Waals surface area contributed by atoms with Crippen LogP contribution in [-0.4, -0.2) is 32.7 Å². The van der Waals surface area contributed by atoms with Gasteiger partial charge in [-0.15, -0.1) is 10.2 Å². The number of thioether (sulfide) groups is 1. The third-order valence-corrected chi connectivity index (χ3v) is 6.10. The second-order valence-corrected chi connectivity index (χ2v) is 9.17. The average molecular weight is 536 g/mol. The maximum absolute atomic E-state index is 12.5. The van der Waals surface area contributed by atoms with Gasteiger partial charge in [-0.2, -0.15) is 9.78 Å². The van der Waals surface area contributed by atoms with Gasteiger partial charge < -0.3 is 10.1 Å². The zero-order chi connectivity index (χ0) is 23.8. The number of anilines is 1. The predicted octanol–water partition coefficient (Wildman–Crippen LogP) is 5.54. The van der Waals surface area contributed by atoms with Crippen LogP contribution in [-0.2, 0) is 11.4 Å². The van der Waals surface area contributed by atoms with E-state index in [2.05, 4.69) is 36.5 Å². The molecule has 1 amide bonds. The summed E-state index contributed by atoms with van der Waals surface area (Å²) in [5.41, 5.74) is 2.80. The van der Waals surface area contributed by atoms with Crippen LogP contribution in [0.15, 0.2) is 93.6 Å². The Labute approximate surface area is 210 Å². The minimum absolute atomic E-state index is 0.137. The highest BCUT2D eigenvalue weighted by atomic mass is 79.9. The summed E-state index contributed by atoms with van der Waals surface area (Å²) in [4.78, 5) is 12.5. The quantitative estimate of drug-likeness (QED) is 0.224. The van der Waals surface area contributed by atoms with Gasteiger partial charge in [-0.3, -0.25) is 4.79 Å². The molecule has 3 aromatic carbocycles. The normalized spacial score (nSPS) is 11.0. The number of hydrogen-bond acceptors (Lipinski definition) is 6. The smallest absolute Gasteiger partial charge is 0.234 e. The molecule has 7 nitrogen and oxygen atoms in total. The molecule has 172 valence electrons. The van der Waals surface area contributed by atoms with E-state index in [0.717, 1.165) is 27.0 Å². The van der Waals surface area contributed by atoms with Crippen LogP contribution in [0.25, 0.3) is 0 Å². The second-order valence-electron chi connectivity index (χ2n) is 7.31. The van der Waals surface area contributed by atoms with Crippen LogP contribution >= 0.6 is 27.7 Å². The zero-order valence-corrected chi connectivity index (χ0v) is 20.8. The Morgan fingerprint density at radius 2 is 1.79 bits per heavy atom. The summed E-state index contributed by atoms with van der Waals surface area (Å²) in [6.07, 6.45) is 1.72. The largest absolute Gasteiger partial charge is 0.486 e. The van der Waals surface area contributed by atoms with E-state index in [1.807, 2.05) is 85.8 Å². The third kappa shape index (κ3) is 6.79. The lowest BCUT2D eigenvalue weighted by Crippen LogP contribution is -2.14. The van der Waals surface area contributed by atoms with E-state index in [1.54, 1.807) is 10.9 Å². The summed E-state index contributed by atoms with van der Waals surface area (Å²) in [6, 6.07) is 24.9. The second kappa shape index (κ2) is 11.6. The highest BCUT2D eigenvalue weighted by Gasteiger charge is 2.15. The van der Waals surface area contributed by atoms with Crippen LogP contribution in [0.1, 0.15) is 17.0 Å². The number of carbonyl (C=O) groups excluding carboxylic acids is 1. The van der Waals surface area contributed by atoms with Crippen LogP contribution in [0.2, 0.25) is 0 Å². The third-order valence-electron chi connectivity index (χ3n) is 4.65.